The standard InChI is InChI=1S/C15H14N4/c16-14-12-9-11(8-10-4-2-1-3-5-10)6-7-13(12)18-15(17)19-14/h1-7,9H,8H2,(H4,16,17,18,19). The molecule has 0 unspecified atom stereocenters. The number of fused-ring (bicyclic) bond motifs is 1. The molecule has 0 fully saturated rings. The van der Waals surface area contributed by atoms with Gasteiger partial charge in [0.25, 0.3) is 0 Å². The van der Waals surface area contributed by atoms with Gasteiger partial charge in [0, 0.05) is 5.39 Å². The van der Waals surface area contributed by atoms with Crippen LogP contribution in [0.2, 0.25) is 0 Å². The Balaban J connectivity index is 2.02. The number of nitrogen functional groups attached to an aromatic ring is 2. The highest BCUT2D eigenvalue weighted by atomic mass is 15.0. The van der Waals surface area contributed by atoms with E-state index in [0.29, 0.717) is 5.82 Å². The fraction of sp³-hybridized carbons (Fsp3) is 0.0667. The van der Waals surface area contributed by atoms with Crippen molar-refractivity contribution in [2.45, 2.75) is 6.42 Å². The molecule has 1 aromatic heterocycles. The van der Waals surface area contributed by atoms with Gasteiger partial charge in [-0.05, 0) is 29.7 Å². The fourth-order valence-corrected chi connectivity index (χ4v) is 2.16. The monoisotopic (exact) mass is 250 g/mol. The molecule has 4 nitrogen and oxygen atoms in total. The molecule has 0 radical (unpaired) electrons. The lowest BCUT2D eigenvalue weighted by molar-refractivity contribution is 1.19. The van der Waals surface area contributed by atoms with E-state index >= 15 is 0 Å². The number of anilines is 2. The third kappa shape index (κ3) is 2.33. The van der Waals surface area contributed by atoms with E-state index in [2.05, 4.69) is 22.1 Å². The van der Waals surface area contributed by atoms with Crippen LogP contribution >= 0.6 is 0 Å². The van der Waals surface area contributed by atoms with Crippen molar-refractivity contribution in [3.05, 3.63) is 59.7 Å². The molecule has 0 saturated carbocycles. The topological polar surface area (TPSA) is 77.8 Å². The summed E-state index contributed by atoms with van der Waals surface area (Å²) in [4.78, 5) is 8.17. The molecule has 1 heterocycles. The van der Waals surface area contributed by atoms with Crippen LogP contribution in [-0.2, 0) is 6.42 Å². The smallest absolute Gasteiger partial charge is 0.222 e. The molecule has 19 heavy (non-hydrogen) atoms. The molecule has 0 bridgehead atoms. The summed E-state index contributed by atoms with van der Waals surface area (Å²) in [6.45, 7) is 0. The molecule has 4 N–H and O–H groups in total. The number of hydrogen-bond acceptors (Lipinski definition) is 4. The summed E-state index contributed by atoms with van der Waals surface area (Å²) in [6, 6.07) is 16.3. The molecule has 0 amide bonds. The molecule has 94 valence electrons. The second kappa shape index (κ2) is 4.57. The minimum atomic E-state index is 0.209. The Bertz CT molecular complexity index is 723. The van der Waals surface area contributed by atoms with Gasteiger partial charge in [-0.15, -0.1) is 0 Å². The lowest BCUT2D eigenvalue weighted by Gasteiger charge is -2.06. The third-order valence-corrected chi connectivity index (χ3v) is 3.06. The van der Waals surface area contributed by atoms with Gasteiger partial charge in [0.1, 0.15) is 5.82 Å². The van der Waals surface area contributed by atoms with E-state index in [1.54, 1.807) is 0 Å². The Labute approximate surface area is 111 Å². The summed E-state index contributed by atoms with van der Waals surface area (Å²) in [5, 5.41) is 0.850. The first-order chi connectivity index (χ1) is 9.22. The van der Waals surface area contributed by atoms with Gasteiger partial charge in [0.05, 0.1) is 5.52 Å². The van der Waals surface area contributed by atoms with Crippen LogP contribution in [0.4, 0.5) is 11.8 Å². The normalized spacial score (nSPS) is 10.7. The van der Waals surface area contributed by atoms with Crippen LogP contribution in [0.1, 0.15) is 11.1 Å². The molecule has 0 aliphatic rings. The third-order valence-electron chi connectivity index (χ3n) is 3.06. The zero-order valence-electron chi connectivity index (χ0n) is 10.4. The molecule has 0 aliphatic carbocycles. The number of aromatic nitrogens is 2. The molecule has 4 heteroatoms. The Morgan fingerprint density at radius 3 is 2.42 bits per heavy atom. The summed E-state index contributed by atoms with van der Waals surface area (Å²) in [6.07, 6.45) is 0.862. The van der Waals surface area contributed by atoms with Crippen LogP contribution in [0.3, 0.4) is 0 Å². The first-order valence-corrected chi connectivity index (χ1v) is 6.08. The van der Waals surface area contributed by atoms with Crippen LogP contribution in [0, 0.1) is 0 Å². The summed E-state index contributed by atoms with van der Waals surface area (Å²) >= 11 is 0. The van der Waals surface area contributed by atoms with E-state index in [9.17, 15) is 0 Å². The molecule has 0 spiro atoms. The highest BCUT2D eigenvalue weighted by molar-refractivity contribution is 5.89. The maximum Gasteiger partial charge on any atom is 0.222 e. The molecular weight excluding hydrogens is 236 g/mol. The fourth-order valence-electron chi connectivity index (χ4n) is 2.16. The maximum absolute atomic E-state index is 5.89. The van der Waals surface area contributed by atoms with Crippen LogP contribution in [-0.4, -0.2) is 9.97 Å². The average Bonchev–Trinajstić information content (AvgIpc) is 2.40. The predicted octanol–water partition coefficient (Wildman–Crippen LogP) is 2.39. The van der Waals surface area contributed by atoms with Gasteiger partial charge in [-0.3, -0.25) is 0 Å². The highest BCUT2D eigenvalue weighted by Gasteiger charge is 2.04. The van der Waals surface area contributed by atoms with E-state index in [0.717, 1.165) is 17.3 Å². The molecule has 3 rings (SSSR count). The summed E-state index contributed by atoms with van der Waals surface area (Å²) in [5.74, 6) is 0.637. The molecule has 0 atom stereocenters. The molecule has 2 aromatic carbocycles. The van der Waals surface area contributed by atoms with Crippen molar-refractivity contribution in [2.75, 3.05) is 11.5 Å². The minimum absolute atomic E-state index is 0.209. The number of rotatable bonds is 2. The van der Waals surface area contributed by atoms with Crippen molar-refractivity contribution in [2.24, 2.45) is 0 Å². The maximum atomic E-state index is 5.89. The number of nitrogens with zero attached hydrogens (tertiary/aromatic N) is 2. The lowest BCUT2D eigenvalue weighted by atomic mass is 10.0. The lowest BCUT2D eigenvalue weighted by Crippen LogP contribution is -2.01. The molecular formula is C15H14N4. The number of benzene rings is 2. The van der Waals surface area contributed by atoms with Gasteiger partial charge < -0.3 is 11.5 Å². The first-order valence-electron chi connectivity index (χ1n) is 6.08. The van der Waals surface area contributed by atoms with Crippen molar-refractivity contribution in [1.29, 1.82) is 0 Å². The molecule has 3 aromatic rings. The molecule has 0 saturated heterocycles. The van der Waals surface area contributed by atoms with Crippen LogP contribution < -0.4 is 11.5 Å². The van der Waals surface area contributed by atoms with Gasteiger partial charge in [-0.1, -0.05) is 36.4 Å². The van der Waals surface area contributed by atoms with E-state index < -0.39 is 0 Å². The molecule has 0 aliphatic heterocycles. The zero-order valence-corrected chi connectivity index (χ0v) is 10.4. The van der Waals surface area contributed by atoms with E-state index in [4.69, 9.17) is 11.5 Å². The Morgan fingerprint density at radius 2 is 1.63 bits per heavy atom. The summed E-state index contributed by atoms with van der Waals surface area (Å²) in [5.41, 5.74) is 14.7. The largest absolute Gasteiger partial charge is 0.383 e. The van der Waals surface area contributed by atoms with Crippen molar-refractivity contribution in [3.63, 3.8) is 0 Å². The second-order valence-corrected chi connectivity index (χ2v) is 4.48. The van der Waals surface area contributed by atoms with Gasteiger partial charge in [-0.2, -0.15) is 4.98 Å². The van der Waals surface area contributed by atoms with Crippen molar-refractivity contribution in [3.8, 4) is 0 Å². The Hall–Kier alpha value is -2.62. The van der Waals surface area contributed by atoms with Gasteiger partial charge >= 0.3 is 0 Å². The SMILES string of the molecule is Nc1nc(N)c2cc(Cc3ccccc3)ccc2n1. The van der Waals surface area contributed by atoms with Crippen LogP contribution in [0.15, 0.2) is 48.5 Å². The predicted molar refractivity (Wildman–Crippen MR) is 77.6 cm³/mol. The first kappa shape index (κ1) is 11.5. The van der Waals surface area contributed by atoms with E-state index in [1.807, 2.05) is 36.4 Å². The second-order valence-electron chi connectivity index (χ2n) is 4.48. The van der Waals surface area contributed by atoms with Crippen LogP contribution in [0.5, 0.6) is 0 Å². The van der Waals surface area contributed by atoms with E-state index in [-0.39, 0.29) is 5.95 Å². The Morgan fingerprint density at radius 1 is 0.842 bits per heavy atom. The van der Waals surface area contributed by atoms with Crippen LogP contribution in [0.25, 0.3) is 10.9 Å². The minimum Gasteiger partial charge on any atom is -0.383 e. The number of hydrogen-bond donors (Lipinski definition) is 2. The van der Waals surface area contributed by atoms with Crippen molar-refractivity contribution in [1.82, 2.24) is 9.97 Å². The quantitative estimate of drug-likeness (QED) is 0.732. The number of nitrogens with two attached hydrogens (primary N) is 2. The summed E-state index contributed by atoms with van der Waals surface area (Å²) in [7, 11) is 0. The van der Waals surface area contributed by atoms with Gasteiger partial charge in [-0.25, -0.2) is 4.98 Å². The van der Waals surface area contributed by atoms with Crippen molar-refractivity contribution < 1.29 is 0 Å². The van der Waals surface area contributed by atoms with Gasteiger partial charge in [0.15, 0.2) is 0 Å². The van der Waals surface area contributed by atoms with Crippen molar-refractivity contribution >= 4 is 22.7 Å². The van der Waals surface area contributed by atoms with Gasteiger partial charge in [0.2, 0.25) is 5.95 Å². The Kier molecular flexibility index (Phi) is 2.76. The average molecular weight is 250 g/mol. The van der Waals surface area contributed by atoms with E-state index in [1.165, 1.54) is 11.1 Å². The summed E-state index contributed by atoms with van der Waals surface area (Å²) < 4.78 is 0. The highest BCUT2D eigenvalue weighted by Crippen LogP contribution is 2.21. The zero-order chi connectivity index (χ0) is 13.2.